The number of furan rings is 1. The predicted octanol–water partition coefficient (Wildman–Crippen LogP) is 2.98. The molecule has 0 radical (unpaired) electrons. The summed E-state index contributed by atoms with van der Waals surface area (Å²) in [5.41, 5.74) is 1.43. The lowest BCUT2D eigenvalue weighted by atomic mass is 10.00. The minimum atomic E-state index is -0.407. The minimum absolute atomic E-state index is 0.222. The Bertz CT molecular complexity index is 650. The van der Waals surface area contributed by atoms with Crippen LogP contribution in [0.2, 0.25) is 0 Å². The average Bonchev–Trinajstić information content (AvgIpc) is 2.86. The van der Waals surface area contributed by atoms with E-state index in [1.165, 1.54) is 12.3 Å². The van der Waals surface area contributed by atoms with Crippen LogP contribution in [0.4, 0.5) is 4.39 Å². The van der Waals surface area contributed by atoms with Crippen molar-refractivity contribution in [1.82, 2.24) is 5.32 Å². The molecule has 5 heteroatoms. The van der Waals surface area contributed by atoms with Gasteiger partial charge in [0.05, 0.1) is 18.9 Å². The van der Waals surface area contributed by atoms with E-state index in [1.807, 2.05) is 0 Å². The van der Waals surface area contributed by atoms with Crippen molar-refractivity contribution in [3.63, 3.8) is 0 Å². The molecular weight excluding hydrogens is 261 g/mol. The molecule has 0 bridgehead atoms. The molecule has 1 aromatic carbocycles. The summed E-state index contributed by atoms with van der Waals surface area (Å²) in [6, 6.07) is 6.18. The van der Waals surface area contributed by atoms with Gasteiger partial charge in [0.2, 0.25) is 0 Å². The molecule has 1 atom stereocenters. The molecular formula is C15H14FNO3. The third-order valence-corrected chi connectivity index (χ3v) is 3.40. The molecule has 104 valence electrons. The molecule has 0 unspecified atom stereocenters. The first kappa shape index (κ1) is 12.7. The van der Waals surface area contributed by atoms with E-state index in [4.69, 9.17) is 9.15 Å². The number of fused-ring (bicyclic) bond motifs is 1. The molecule has 0 aliphatic carbocycles. The number of halogens is 1. The smallest absolute Gasteiger partial charge is 0.287 e. The van der Waals surface area contributed by atoms with Crippen molar-refractivity contribution < 1.29 is 18.3 Å². The molecule has 1 aliphatic heterocycles. The molecule has 0 fully saturated rings. The quantitative estimate of drug-likeness (QED) is 0.916. The number of ether oxygens (including phenoxy) is 1. The monoisotopic (exact) mass is 275 g/mol. The summed E-state index contributed by atoms with van der Waals surface area (Å²) in [5, 5.41) is 2.87. The van der Waals surface area contributed by atoms with Crippen LogP contribution in [0.15, 0.2) is 34.9 Å². The summed E-state index contributed by atoms with van der Waals surface area (Å²) in [4.78, 5) is 12.2. The van der Waals surface area contributed by atoms with E-state index >= 15 is 0 Å². The van der Waals surface area contributed by atoms with E-state index in [0.717, 1.165) is 5.56 Å². The highest BCUT2D eigenvalue weighted by molar-refractivity contribution is 5.93. The van der Waals surface area contributed by atoms with E-state index in [2.05, 4.69) is 5.32 Å². The Morgan fingerprint density at radius 2 is 2.25 bits per heavy atom. The Kier molecular flexibility index (Phi) is 3.18. The third kappa shape index (κ3) is 2.15. The van der Waals surface area contributed by atoms with Gasteiger partial charge >= 0.3 is 0 Å². The highest BCUT2D eigenvalue weighted by atomic mass is 19.1. The van der Waals surface area contributed by atoms with Crippen molar-refractivity contribution >= 4 is 5.91 Å². The van der Waals surface area contributed by atoms with Crippen LogP contribution in [0.25, 0.3) is 0 Å². The van der Waals surface area contributed by atoms with Gasteiger partial charge in [0, 0.05) is 17.5 Å². The number of carbonyl (C=O) groups excluding carboxylic acids is 1. The normalized spacial score (nSPS) is 17.2. The second-order valence-electron chi connectivity index (χ2n) is 4.75. The zero-order valence-electron chi connectivity index (χ0n) is 11.0. The molecule has 2 heterocycles. The fourth-order valence-corrected chi connectivity index (χ4v) is 2.37. The Morgan fingerprint density at radius 3 is 3.00 bits per heavy atom. The van der Waals surface area contributed by atoms with Gasteiger partial charge < -0.3 is 14.5 Å². The molecule has 3 rings (SSSR count). The number of carbonyl (C=O) groups is 1. The Balaban J connectivity index is 1.85. The number of nitrogens with one attached hydrogen (secondary N) is 1. The first-order chi connectivity index (χ1) is 9.66. The number of benzene rings is 1. The topological polar surface area (TPSA) is 51.5 Å². The standard InChI is InChI=1S/C15H14FNO3/c1-9-5-7-19-13(9)15(18)17-12-6-8-20-14-10(12)3-2-4-11(14)16/h2-5,7,12H,6,8H2,1H3,(H,17,18)/t12-/m0/s1. The zero-order valence-corrected chi connectivity index (χ0v) is 11.0. The number of hydrogen-bond acceptors (Lipinski definition) is 3. The van der Waals surface area contributed by atoms with Crippen molar-refractivity contribution in [3.8, 4) is 5.75 Å². The summed E-state index contributed by atoms with van der Waals surface area (Å²) < 4.78 is 24.2. The second-order valence-corrected chi connectivity index (χ2v) is 4.75. The Morgan fingerprint density at radius 1 is 1.40 bits per heavy atom. The van der Waals surface area contributed by atoms with E-state index < -0.39 is 5.82 Å². The van der Waals surface area contributed by atoms with Gasteiger partial charge in [0.15, 0.2) is 17.3 Å². The van der Waals surface area contributed by atoms with Crippen LogP contribution in [0.3, 0.4) is 0 Å². The van der Waals surface area contributed by atoms with Crippen molar-refractivity contribution in [3.05, 3.63) is 53.2 Å². The van der Waals surface area contributed by atoms with E-state index in [-0.39, 0.29) is 23.5 Å². The SMILES string of the molecule is Cc1ccoc1C(=O)N[C@H]1CCOc2c(F)cccc21. The van der Waals surface area contributed by atoms with E-state index in [0.29, 0.717) is 18.6 Å². The maximum atomic E-state index is 13.7. The minimum Gasteiger partial charge on any atom is -0.490 e. The molecule has 1 aliphatic rings. The fourth-order valence-electron chi connectivity index (χ4n) is 2.37. The maximum Gasteiger partial charge on any atom is 0.287 e. The summed E-state index contributed by atoms with van der Waals surface area (Å²) in [5.74, 6) is -0.195. The van der Waals surface area contributed by atoms with E-state index in [9.17, 15) is 9.18 Å². The van der Waals surface area contributed by atoms with Gasteiger partial charge in [-0.25, -0.2) is 4.39 Å². The lowest BCUT2D eigenvalue weighted by molar-refractivity contribution is 0.0895. The third-order valence-electron chi connectivity index (χ3n) is 3.40. The molecule has 1 N–H and O–H groups in total. The largest absolute Gasteiger partial charge is 0.490 e. The first-order valence-electron chi connectivity index (χ1n) is 6.43. The number of hydrogen-bond donors (Lipinski definition) is 1. The number of rotatable bonds is 2. The van der Waals surface area contributed by atoms with Gasteiger partial charge in [-0.3, -0.25) is 4.79 Å². The molecule has 1 aromatic heterocycles. The van der Waals surface area contributed by atoms with Gasteiger partial charge in [0.1, 0.15) is 0 Å². The number of aryl methyl sites for hydroxylation is 1. The van der Waals surface area contributed by atoms with E-state index in [1.54, 1.807) is 25.1 Å². The molecule has 0 saturated heterocycles. The Hall–Kier alpha value is -2.30. The van der Waals surface area contributed by atoms with Gasteiger partial charge in [-0.2, -0.15) is 0 Å². The van der Waals surface area contributed by atoms with Crippen molar-refractivity contribution in [2.75, 3.05) is 6.61 Å². The van der Waals surface area contributed by atoms with Crippen LogP contribution in [-0.4, -0.2) is 12.5 Å². The molecule has 0 spiro atoms. The van der Waals surface area contributed by atoms with Crippen LogP contribution >= 0.6 is 0 Å². The van der Waals surface area contributed by atoms with Gasteiger partial charge in [0.25, 0.3) is 5.91 Å². The summed E-state index contributed by atoms with van der Waals surface area (Å²) >= 11 is 0. The predicted molar refractivity (Wildman–Crippen MR) is 70.2 cm³/mol. The number of para-hydroxylation sites is 1. The summed E-state index contributed by atoms with van der Waals surface area (Å²) in [6.07, 6.45) is 2.07. The lowest BCUT2D eigenvalue weighted by Gasteiger charge is -2.26. The highest BCUT2D eigenvalue weighted by Gasteiger charge is 2.26. The highest BCUT2D eigenvalue weighted by Crippen LogP contribution is 2.34. The van der Waals surface area contributed by atoms with Crippen LogP contribution in [0, 0.1) is 12.7 Å². The van der Waals surface area contributed by atoms with Gasteiger partial charge in [-0.05, 0) is 19.1 Å². The van der Waals surface area contributed by atoms with Crippen LogP contribution in [-0.2, 0) is 0 Å². The van der Waals surface area contributed by atoms with Gasteiger partial charge in [-0.1, -0.05) is 12.1 Å². The molecule has 2 aromatic rings. The van der Waals surface area contributed by atoms with Crippen LogP contribution in [0.5, 0.6) is 5.75 Å². The van der Waals surface area contributed by atoms with Gasteiger partial charge in [-0.15, -0.1) is 0 Å². The molecule has 0 saturated carbocycles. The summed E-state index contributed by atoms with van der Waals surface area (Å²) in [6.45, 7) is 2.17. The van der Waals surface area contributed by atoms with Crippen molar-refractivity contribution in [1.29, 1.82) is 0 Å². The fraction of sp³-hybridized carbons (Fsp3) is 0.267. The average molecular weight is 275 g/mol. The van der Waals surface area contributed by atoms with Crippen LogP contribution in [0.1, 0.15) is 34.1 Å². The maximum absolute atomic E-state index is 13.7. The second kappa shape index (κ2) is 5.00. The molecule has 20 heavy (non-hydrogen) atoms. The molecule has 4 nitrogen and oxygen atoms in total. The van der Waals surface area contributed by atoms with Crippen molar-refractivity contribution in [2.24, 2.45) is 0 Å². The summed E-state index contributed by atoms with van der Waals surface area (Å²) in [7, 11) is 0. The lowest BCUT2D eigenvalue weighted by Crippen LogP contribution is -2.32. The molecule has 1 amide bonds. The van der Waals surface area contributed by atoms with Crippen LogP contribution < -0.4 is 10.1 Å². The Labute approximate surface area is 115 Å². The first-order valence-corrected chi connectivity index (χ1v) is 6.43. The van der Waals surface area contributed by atoms with Crippen molar-refractivity contribution in [2.45, 2.75) is 19.4 Å². The number of amides is 1. The zero-order chi connectivity index (χ0) is 14.1.